The topological polar surface area (TPSA) is 19.9 Å². The lowest BCUT2D eigenvalue weighted by Crippen LogP contribution is -2.73. The summed E-state index contributed by atoms with van der Waals surface area (Å²) >= 11 is 0. The van der Waals surface area contributed by atoms with Crippen LogP contribution in [0.3, 0.4) is 0 Å². The third kappa shape index (κ3) is 4.01. The minimum Gasteiger partial charge on any atom is -0.347 e. The lowest BCUT2D eigenvalue weighted by atomic mass is 9.72. The lowest BCUT2D eigenvalue weighted by molar-refractivity contribution is -0.540. The maximum Gasteiger partial charge on any atom is 0.133 e. The van der Waals surface area contributed by atoms with Crippen molar-refractivity contribution in [2.45, 2.75) is 43.9 Å². The molecule has 2 nitrogen and oxygen atoms in total. The molecule has 188 valence electrons. The van der Waals surface area contributed by atoms with Gasteiger partial charge in [0.25, 0.3) is 0 Å². The molecule has 4 aromatic rings. The third-order valence-corrected chi connectivity index (χ3v) is 8.52. The molecule has 4 aromatic carbocycles. The first-order valence-corrected chi connectivity index (χ1v) is 13.4. The summed E-state index contributed by atoms with van der Waals surface area (Å²) in [5, 5.41) is 7.51. The molecule has 1 aliphatic rings. The van der Waals surface area contributed by atoms with E-state index < -0.39 is 0 Å². The zero-order valence-corrected chi connectivity index (χ0v) is 22.7. The summed E-state index contributed by atoms with van der Waals surface area (Å²) in [4.78, 5) is 2.41. The van der Waals surface area contributed by atoms with Crippen LogP contribution >= 0.6 is 0 Å². The number of nitrogens with two attached hydrogens (primary N) is 1. The summed E-state index contributed by atoms with van der Waals surface area (Å²) in [7, 11) is 4.37. The Hall–Kier alpha value is -3.62. The first-order valence-electron chi connectivity index (χ1n) is 13.4. The van der Waals surface area contributed by atoms with E-state index in [1.807, 2.05) is 0 Å². The first-order chi connectivity index (χ1) is 17.9. The molecule has 2 N–H and O–H groups in total. The molecule has 0 aromatic heterocycles. The fraction of sp³-hybridized carbons (Fsp3) is 0.257. The van der Waals surface area contributed by atoms with Gasteiger partial charge in [0.05, 0.1) is 7.05 Å². The summed E-state index contributed by atoms with van der Waals surface area (Å²) in [6, 6.07) is 26.6. The van der Waals surface area contributed by atoms with Gasteiger partial charge in [-0.15, -0.1) is 13.2 Å². The molecule has 0 bridgehead atoms. The maximum absolute atomic E-state index is 4.17. The van der Waals surface area contributed by atoms with E-state index in [4.69, 9.17) is 0 Å². The Morgan fingerprint density at radius 3 is 2.19 bits per heavy atom. The SMILES string of the molecule is C=CCC(C)(C/C=C1/N(C)c2ccc3ccccc3c2C1(C)CC=C)c1c([NH2+]C)ccc2ccccc12. The normalized spacial score (nSPS) is 19.8. The van der Waals surface area contributed by atoms with Crippen LogP contribution in [-0.2, 0) is 10.8 Å². The number of quaternary nitrogens is 1. The van der Waals surface area contributed by atoms with Gasteiger partial charge in [-0.1, -0.05) is 79.7 Å². The number of rotatable bonds is 8. The van der Waals surface area contributed by atoms with Crippen molar-refractivity contribution in [2.24, 2.45) is 0 Å². The van der Waals surface area contributed by atoms with E-state index in [1.165, 1.54) is 49.7 Å². The molecule has 2 atom stereocenters. The van der Waals surface area contributed by atoms with E-state index >= 15 is 0 Å². The summed E-state index contributed by atoms with van der Waals surface area (Å²) < 4.78 is 0. The number of hydrogen-bond acceptors (Lipinski definition) is 1. The monoisotopic (exact) mass is 487 g/mol. The van der Waals surface area contributed by atoms with Crippen molar-refractivity contribution in [1.82, 2.24) is 0 Å². The highest BCUT2D eigenvalue weighted by atomic mass is 15.2. The van der Waals surface area contributed by atoms with E-state index in [1.54, 1.807) is 0 Å². The Kier molecular flexibility index (Phi) is 6.56. The molecule has 0 amide bonds. The highest BCUT2D eigenvalue weighted by Crippen LogP contribution is 2.53. The Labute approximate surface area is 222 Å². The van der Waals surface area contributed by atoms with Gasteiger partial charge in [-0.2, -0.15) is 0 Å². The smallest absolute Gasteiger partial charge is 0.133 e. The van der Waals surface area contributed by atoms with E-state index in [2.05, 4.69) is 142 Å². The van der Waals surface area contributed by atoms with E-state index in [-0.39, 0.29) is 10.8 Å². The van der Waals surface area contributed by atoms with Crippen molar-refractivity contribution in [3.8, 4) is 0 Å². The van der Waals surface area contributed by atoms with E-state index in [0.717, 1.165) is 19.3 Å². The Morgan fingerprint density at radius 2 is 1.51 bits per heavy atom. The van der Waals surface area contributed by atoms with Crippen molar-refractivity contribution >= 4 is 32.9 Å². The molecule has 1 aliphatic heterocycles. The fourth-order valence-electron chi connectivity index (χ4n) is 6.74. The van der Waals surface area contributed by atoms with Crippen molar-refractivity contribution < 1.29 is 5.32 Å². The molecule has 2 unspecified atom stereocenters. The second-order valence-electron chi connectivity index (χ2n) is 11.0. The molecule has 2 heteroatoms. The summed E-state index contributed by atoms with van der Waals surface area (Å²) in [6.07, 6.45) is 9.39. The van der Waals surface area contributed by atoms with E-state index in [9.17, 15) is 0 Å². The van der Waals surface area contributed by atoms with Crippen molar-refractivity contribution in [2.75, 3.05) is 19.0 Å². The average molecular weight is 488 g/mol. The molecule has 0 saturated carbocycles. The fourth-order valence-corrected chi connectivity index (χ4v) is 6.74. The van der Waals surface area contributed by atoms with Gasteiger partial charge in [0.15, 0.2) is 0 Å². The van der Waals surface area contributed by atoms with Crippen LogP contribution in [-0.4, -0.2) is 14.1 Å². The van der Waals surface area contributed by atoms with Crippen LogP contribution < -0.4 is 10.2 Å². The molecular formula is C35H39N2+. The molecule has 0 spiro atoms. The minimum atomic E-state index is -0.139. The summed E-state index contributed by atoms with van der Waals surface area (Å²) in [6.45, 7) is 13.1. The first kappa shape index (κ1) is 25.0. The molecule has 0 saturated heterocycles. The zero-order chi connectivity index (χ0) is 26.2. The van der Waals surface area contributed by atoms with Crippen LogP contribution in [0.5, 0.6) is 0 Å². The number of benzene rings is 4. The predicted molar refractivity (Wildman–Crippen MR) is 161 cm³/mol. The Bertz CT molecular complexity index is 1530. The number of fused-ring (bicyclic) bond motifs is 4. The Morgan fingerprint density at radius 1 is 0.865 bits per heavy atom. The van der Waals surface area contributed by atoms with Crippen LogP contribution in [0.2, 0.25) is 0 Å². The standard InChI is InChI=1S/C35H38N2/c1-7-22-34(3,32-27-15-11-9-13-25(27)17-19-29(32)36-5)24-21-31-35(4,23-8-2)33-28-16-12-10-14-26(28)18-20-30(33)37(31)6/h7-21,36H,1-2,22-24H2,3-6H3/p+1/b31-21+. The number of hydrogen-bond donors (Lipinski definition) is 1. The van der Waals surface area contributed by atoms with Gasteiger partial charge in [0.1, 0.15) is 5.69 Å². The van der Waals surface area contributed by atoms with Gasteiger partial charge in [-0.05, 0) is 71.5 Å². The Balaban J connectivity index is 1.68. The molecule has 1 heterocycles. The quantitative estimate of drug-likeness (QED) is 0.198. The highest BCUT2D eigenvalue weighted by molar-refractivity contribution is 5.95. The van der Waals surface area contributed by atoms with Gasteiger partial charge in [-0.25, -0.2) is 0 Å². The van der Waals surface area contributed by atoms with E-state index in [0.29, 0.717) is 0 Å². The lowest BCUT2D eigenvalue weighted by Gasteiger charge is -2.33. The van der Waals surface area contributed by atoms with Crippen molar-refractivity contribution in [3.05, 3.63) is 121 Å². The van der Waals surface area contributed by atoms with Crippen molar-refractivity contribution in [1.29, 1.82) is 0 Å². The summed E-state index contributed by atoms with van der Waals surface area (Å²) in [5.74, 6) is 0. The predicted octanol–water partition coefficient (Wildman–Crippen LogP) is 7.91. The van der Waals surface area contributed by atoms with Crippen LogP contribution in [0.25, 0.3) is 21.5 Å². The van der Waals surface area contributed by atoms with Gasteiger partial charge >= 0.3 is 0 Å². The molecule has 0 aliphatic carbocycles. The number of allylic oxidation sites excluding steroid dienone is 4. The molecule has 37 heavy (non-hydrogen) atoms. The molecular weight excluding hydrogens is 448 g/mol. The van der Waals surface area contributed by atoms with Gasteiger partial charge < -0.3 is 10.2 Å². The second-order valence-corrected chi connectivity index (χ2v) is 11.0. The average Bonchev–Trinajstić information content (AvgIpc) is 3.13. The minimum absolute atomic E-state index is 0.0930. The number of nitrogens with zero attached hydrogens (tertiary/aromatic N) is 1. The largest absolute Gasteiger partial charge is 0.347 e. The molecule has 0 radical (unpaired) electrons. The third-order valence-electron chi connectivity index (χ3n) is 8.52. The van der Waals surface area contributed by atoms with Gasteiger partial charge in [-0.3, -0.25) is 0 Å². The maximum atomic E-state index is 4.17. The number of anilines is 1. The number of likely N-dealkylation sites (N-methyl/N-ethyl adjacent to an activating group) is 1. The molecule has 0 fully saturated rings. The second kappa shape index (κ2) is 9.68. The van der Waals surface area contributed by atoms with Crippen LogP contribution in [0.15, 0.2) is 110 Å². The van der Waals surface area contributed by atoms with Crippen LogP contribution in [0.1, 0.15) is 44.2 Å². The van der Waals surface area contributed by atoms with Gasteiger partial charge in [0.2, 0.25) is 0 Å². The van der Waals surface area contributed by atoms with Crippen LogP contribution in [0, 0.1) is 0 Å². The van der Waals surface area contributed by atoms with Gasteiger partial charge in [0, 0.05) is 34.8 Å². The highest BCUT2D eigenvalue weighted by Gasteiger charge is 2.43. The van der Waals surface area contributed by atoms with Crippen LogP contribution in [0.4, 0.5) is 11.4 Å². The zero-order valence-electron chi connectivity index (χ0n) is 22.7. The summed E-state index contributed by atoms with van der Waals surface area (Å²) in [5.41, 5.74) is 6.56. The molecule has 5 rings (SSSR count). The van der Waals surface area contributed by atoms with Crippen molar-refractivity contribution in [3.63, 3.8) is 0 Å².